The van der Waals surface area contributed by atoms with Crippen LogP contribution in [0.3, 0.4) is 0 Å². The molecule has 6 rings (SSSR count). The summed E-state index contributed by atoms with van der Waals surface area (Å²) in [5.74, 6) is 2.96. The van der Waals surface area contributed by atoms with Crippen molar-refractivity contribution < 1.29 is 13.2 Å². The molecular weight excluding hydrogens is 408 g/mol. The molecule has 4 saturated carbocycles. The number of aryl methyl sites for hydroxylation is 1. The monoisotopic (exact) mass is 438 g/mol. The van der Waals surface area contributed by atoms with Gasteiger partial charge in [0.05, 0.1) is 10.6 Å². The molecule has 2 aromatic rings. The van der Waals surface area contributed by atoms with E-state index in [0.717, 1.165) is 17.4 Å². The lowest BCUT2D eigenvalue weighted by atomic mass is 9.54. The highest BCUT2D eigenvalue weighted by Crippen LogP contribution is 2.53. The third-order valence-electron chi connectivity index (χ3n) is 7.70. The van der Waals surface area contributed by atoms with Gasteiger partial charge in [0.1, 0.15) is 0 Å². The second kappa shape index (κ2) is 7.66. The Kier molecular flexibility index (Phi) is 5.08. The molecule has 31 heavy (non-hydrogen) atoms. The zero-order valence-corrected chi connectivity index (χ0v) is 18.9. The summed E-state index contributed by atoms with van der Waals surface area (Å²) in [6.07, 6.45) is 6.45. The molecule has 4 aliphatic rings. The third kappa shape index (κ3) is 3.75. The Balaban J connectivity index is 1.28. The largest absolute Gasteiger partial charge is 0.349 e. The van der Waals surface area contributed by atoms with E-state index in [1.54, 1.807) is 55.6 Å². The van der Waals surface area contributed by atoms with Gasteiger partial charge < -0.3 is 5.32 Å². The summed E-state index contributed by atoms with van der Waals surface area (Å²) < 4.78 is 27.1. The molecule has 0 unspecified atom stereocenters. The van der Waals surface area contributed by atoms with Crippen LogP contribution in [0.4, 0.5) is 5.69 Å². The van der Waals surface area contributed by atoms with Gasteiger partial charge in [-0.3, -0.25) is 9.10 Å². The number of benzene rings is 2. The summed E-state index contributed by atoms with van der Waals surface area (Å²) in [4.78, 5) is 13.2. The van der Waals surface area contributed by atoms with Gasteiger partial charge in [-0.25, -0.2) is 8.42 Å². The van der Waals surface area contributed by atoms with E-state index in [2.05, 4.69) is 5.32 Å². The van der Waals surface area contributed by atoms with Crippen LogP contribution >= 0.6 is 0 Å². The molecule has 1 amide bonds. The molecule has 0 saturated heterocycles. The first kappa shape index (κ1) is 20.6. The first-order chi connectivity index (χ1) is 14.8. The first-order valence-electron chi connectivity index (χ1n) is 11.3. The fourth-order valence-electron chi connectivity index (χ4n) is 6.23. The molecule has 164 valence electrons. The third-order valence-corrected chi connectivity index (χ3v) is 9.50. The molecule has 0 aromatic heterocycles. The summed E-state index contributed by atoms with van der Waals surface area (Å²) in [5.41, 5.74) is 2.13. The number of amides is 1. The Labute approximate surface area is 184 Å². The maximum absolute atomic E-state index is 12.9. The molecule has 1 N–H and O–H groups in total. The Bertz CT molecular complexity index is 1050. The lowest BCUT2D eigenvalue weighted by molar-refractivity contribution is -0.0119. The van der Waals surface area contributed by atoms with Gasteiger partial charge >= 0.3 is 0 Å². The number of anilines is 1. The lowest BCUT2D eigenvalue weighted by Gasteiger charge is -2.54. The van der Waals surface area contributed by atoms with Crippen molar-refractivity contribution >= 4 is 21.6 Å². The van der Waals surface area contributed by atoms with Crippen molar-refractivity contribution in [1.29, 1.82) is 0 Å². The van der Waals surface area contributed by atoms with Crippen molar-refractivity contribution in [3.05, 3.63) is 59.7 Å². The second-order valence-corrected chi connectivity index (χ2v) is 11.7. The average molecular weight is 439 g/mol. The molecule has 0 radical (unpaired) electrons. The van der Waals surface area contributed by atoms with Crippen molar-refractivity contribution in [2.45, 2.75) is 50.0 Å². The Morgan fingerprint density at radius 1 is 0.871 bits per heavy atom. The number of sulfonamides is 1. The maximum atomic E-state index is 12.9. The normalized spacial score (nSPS) is 29.0. The summed E-state index contributed by atoms with van der Waals surface area (Å²) in [5, 5.41) is 3.32. The van der Waals surface area contributed by atoms with Gasteiger partial charge in [0, 0.05) is 18.7 Å². The van der Waals surface area contributed by atoms with Crippen LogP contribution in [0.15, 0.2) is 53.4 Å². The summed E-state index contributed by atoms with van der Waals surface area (Å²) in [6.45, 7) is 1.92. The topological polar surface area (TPSA) is 66.5 Å². The minimum absolute atomic E-state index is 0.0481. The van der Waals surface area contributed by atoms with Crippen LogP contribution in [-0.2, 0) is 10.0 Å². The quantitative estimate of drug-likeness (QED) is 0.754. The summed E-state index contributed by atoms with van der Waals surface area (Å²) in [6, 6.07) is 14.0. The standard InChI is InChI=1S/C25H30N2O3S/c1-16-3-9-23(10-4-16)31(29,30)27(2)22-7-5-19(6-8-22)25(28)26-24-20-12-17-11-18(14-20)15-21(24)13-17/h3-10,17-18,20-21,24H,11-15H2,1-2H3,(H,26,28). The van der Waals surface area contributed by atoms with Crippen molar-refractivity contribution in [2.24, 2.45) is 23.7 Å². The van der Waals surface area contributed by atoms with E-state index >= 15 is 0 Å². The van der Waals surface area contributed by atoms with Crippen LogP contribution < -0.4 is 9.62 Å². The van der Waals surface area contributed by atoms with Gasteiger partial charge in [0.15, 0.2) is 0 Å². The van der Waals surface area contributed by atoms with Crippen molar-refractivity contribution in [2.75, 3.05) is 11.4 Å². The molecular formula is C25H30N2O3S. The molecule has 4 bridgehead atoms. The molecule has 4 fully saturated rings. The molecule has 0 atom stereocenters. The zero-order valence-electron chi connectivity index (χ0n) is 18.1. The van der Waals surface area contributed by atoms with E-state index in [4.69, 9.17) is 0 Å². The Morgan fingerprint density at radius 2 is 1.42 bits per heavy atom. The molecule has 2 aromatic carbocycles. The highest BCUT2D eigenvalue weighted by molar-refractivity contribution is 7.92. The van der Waals surface area contributed by atoms with Gasteiger partial charge in [0.2, 0.25) is 0 Å². The highest BCUT2D eigenvalue weighted by Gasteiger charge is 2.48. The smallest absolute Gasteiger partial charge is 0.264 e. The predicted octanol–water partition coefficient (Wildman–Crippen LogP) is 4.37. The number of hydrogen-bond acceptors (Lipinski definition) is 3. The SMILES string of the molecule is Cc1ccc(S(=O)(=O)N(C)c2ccc(C(=O)NC3C4CC5CC(C4)CC3C5)cc2)cc1. The highest BCUT2D eigenvalue weighted by atomic mass is 32.2. The average Bonchev–Trinajstić information content (AvgIpc) is 2.75. The predicted molar refractivity (Wildman–Crippen MR) is 122 cm³/mol. The number of hydrogen-bond donors (Lipinski definition) is 1. The van der Waals surface area contributed by atoms with Crippen LogP contribution in [0.2, 0.25) is 0 Å². The number of carbonyl (C=O) groups is 1. The number of carbonyl (C=O) groups excluding carboxylic acids is 1. The number of rotatable bonds is 5. The van der Waals surface area contributed by atoms with E-state index in [1.165, 1.54) is 36.4 Å². The fraction of sp³-hybridized carbons (Fsp3) is 0.480. The van der Waals surface area contributed by atoms with Gasteiger partial charge in [-0.05, 0) is 99.1 Å². The zero-order chi connectivity index (χ0) is 21.8. The Hall–Kier alpha value is -2.34. The van der Waals surface area contributed by atoms with Crippen molar-refractivity contribution in [1.82, 2.24) is 5.32 Å². The minimum atomic E-state index is -3.64. The van der Waals surface area contributed by atoms with Gasteiger partial charge in [-0.15, -0.1) is 0 Å². The Morgan fingerprint density at radius 3 is 1.97 bits per heavy atom. The van der Waals surface area contributed by atoms with E-state index in [9.17, 15) is 13.2 Å². The molecule has 5 nitrogen and oxygen atoms in total. The van der Waals surface area contributed by atoms with Crippen LogP contribution in [0.25, 0.3) is 0 Å². The number of nitrogens with one attached hydrogen (secondary N) is 1. The maximum Gasteiger partial charge on any atom is 0.264 e. The van der Waals surface area contributed by atoms with Gasteiger partial charge in [0.25, 0.3) is 15.9 Å². The molecule has 0 aliphatic heterocycles. The van der Waals surface area contributed by atoms with E-state index < -0.39 is 10.0 Å². The van der Waals surface area contributed by atoms with E-state index in [-0.39, 0.29) is 10.8 Å². The minimum Gasteiger partial charge on any atom is -0.349 e. The van der Waals surface area contributed by atoms with E-state index in [0.29, 0.717) is 29.1 Å². The fourth-order valence-corrected chi connectivity index (χ4v) is 7.42. The molecule has 0 heterocycles. The van der Waals surface area contributed by atoms with Crippen molar-refractivity contribution in [3.63, 3.8) is 0 Å². The van der Waals surface area contributed by atoms with Crippen LogP contribution in [0.5, 0.6) is 0 Å². The first-order valence-corrected chi connectivity index (χ1v) is 12.7. The molecule has 6 heteroatoms. The van der Waals surface area contributed by atoms with Gasteiger partial charge in [-0.2, -0.15) is 0 Å². The molecule has 0 spiro atoms. The summed E-state index contributed by atoms with van der Waals surface area (Å²) in [7, 11) is -2.10. The van der Waals surface area contributed by atoms with E-state index in [1.807, 2.05) is 6.92 Å². The van der Waals surface area contributed by atoms with Crippen LogP contribution in [-0.4, -0.2) is 27.4 Å². The van der Waals surface area contributed by atoms with Crippen LogP contribution in [0.1, 0.15) is 48.0 Å². The molecule has 4 aliphatic carbocycles. The van der Waals surface area contributed by atoms with Crippen molar-refractivity contribution in [3.8, 4) is 0 Å². The van der Waals surface area contributed by atoms with Crippen LogP contribution in [0, 0.1) is 30.6 Å². The van der Waals surface area contributed by atoms with Gasteiger partial charge in [-0.1, -0.05) is 17.7 Å². The second-order valence-electron chi connectivity index (χ2n) is 9.76. The summed E-state index contributed by atoms with van der Waals surface area (Å²) >= 11 is 0. The number of nitrogens with zero attached hydrogens (tertiary/aromatic N) is 1. The lowest BCUT2D eigenvalue weighted by Crippen LogP contribution is -2.55.